The molecule has 1 aliphatic heterocycles. The standard InChI is InChI=1S/C41H70N4O8/c1-12-32-24-43(28-37(47)52-17-6)34(14-3)26-45(39(40(49)50-11)30-19-21-31(22-20-30)41(8,9)10)35(15-4)25-44(29-38(48)53-18-7)33(13-2)23-42(32)27-36(46)51-16-5/h19-22,32-35,39H,12-18,23-29H2,1-11H3/t32-,33-,34-,35-,39?/m1/s1. The molecule has 1 fully saturated rings. The van der Waals surface area contributed by atoms with Gasteiger partial charge in [0.05, 0.1) is 46.6 Å². The number of esters is 4. The van der Waals surface area contributed by atoms with Crippen LogP contribution in [0.1, 0.15) is 112 Å². The first-order valence-corrected chi connectivity index (χ1v) is 19.8. The van der Waals surface area contributed by atoms with Crippen molar-refractivity contribution in [2.75, 3.05) is 72.7 Å². The monoisotopic (exact) mass is 747 g/mol. The molecule has 302 valence electrons. The molecule has 0 saturated carbocycles. The number of methoxy groups -OCH3 is 1. The highest BCUT2D eigenvalue weighted by Crippen LogP contribution is 2.31. The molecule has 0 spiro atoms. The van der Waals surface area contributed by atoms with Crippen molar-refractivity contribution in [2.24, 2.45) is 0 Å². The second-order valence-corrected chi connectivity index (χ2v) is 14.9. The summed E-state index contributed by atoms with van der Waals surface area (Å²) in [4.78, 5) is 62.3. The van der Waals surface area contributed by atoms with Crippen LogP contribution in [0.25, 0.3) is 0 Å². The Bertz CT molecular complexity index is 1250. The number of ether oxygens (including phenoxy) is 4. The van der Waals surface area contributed by atoms with E-state index >= 15 is 0 Å². The van der Waals surface area contributed by atoms with Gasteiger partial charge in [-0.15, -0.1) is 0 Å². The van der Waals surface area contributed by atoms with E-state index in [0.29, 0.717) is 51.9 Å². The smallest absolute Gasteiger partial charge is 0.327 e. The van der Waals surface area contributed by atoms with Gasteiger partial charge in [-0.3, -0.25) is 34.0 Å². The molecule has 53 heavy (non-hydrogen) atoms. The van der Waals surface area contributed by atoms with Gasteiger partial charge in [0.1, 0.15) is 6.04 Å². The van der Waals surface area contributed by atoms with E-state index in [4.69, 9.17) is 18.9 Å². The van der Waals surface area contributed by atoms with Crippen molar-refractivity contribution in [3.63, 3.8) is 0 Å². The number of carbonyl (C=O) groups is 4. The minimum absolute atomic E-state index is 0.0656. The van der Waals surface area contributed by atoms with Crippen molar-refractivity contribution >= 4 is 23.9 Å². The minimum Gasteiger partial charge on any atom is -0.468 e. The summed E-state index contributed by atoms with van der Waals surface area (Å²) in [6.07, 6.45) is 2.75. The lowest BCUT2D eigenvalue weighted by Gasteiger charge is -2.47. The Labute approximate surface area is 319 Å². The van der Waals surface area contributed by atoms with Crippen LogP contribution < -0.4 is 0 Å². The van der Waals surface area contributed by atoms with Crippen LogP contribution in [0.15, 0.2) is 24.3 Å². The van der Waals surface area contributed by atoms with Gasteiger partial charge < -0.3 is 18.9 Å². The van der Waals surface area contributed by atoms with Gasteiger partial charge in [0.2, 0.25) is 0 Å². The number of nitrogens with zero attached hydrogens (tertiary/aromatic N) is 4. The second kappa shape index (κ2) is 23.0. The molecule has 12 heteroatoms. The van der Waals surface area contributed by atoms with E-state index in [2.05, 4.69) is 80.2 Å². The summed E-state index contributed by atoms with van der Waals surface area (Å²) < 4.78 is 21.9. The molecule has 1 aliphatic rings. The van der Waals surface area contributed by atoms with E-state index in [0.717, 1.165) is 11.1 Å². The molecule has 1 aromatic rings. The number of benzene rings is 1. The molecule has 12 nitrogen and oxygen atoms in total. The fourth-order valence-corrected chi connectivity index (χ4v) is 7.38. The van der Waals surface area contributed by atoms with Crippen molar-refractivity contribution in [3.8, 4) is 0 Å². The Balaban J connectivity index is 2.90. The highest BCUT2D eigenvalue weighted by Gasteiger charge is 2.40. The Kier molecular flexibility index (Phi) is 20.0. The third-order valence-corrected chi connectivity index (χ3v) is 10.4. The number of carbonyl (C=O) groups excluding carboxylic acids is 4. The maximum absolute atomic E-state index is 14.0. The van der Waals surface area contributed by atoms with Crippen molar-refractivity contribution in [1.82, 2.24) is 19.6 Å². The molecule has 5 atom stereocenters. The maximum atomic E-state index is 14.0. The quantitative estimate of drug-likeness (QED) is 0.163. The molecule has 1 unspecified atom stereocenters. The first-order valence-electron chi connectivity index (χ1n) is 19.8. The van der Waals surface area contributed by atoms with E-state index in [1.165, 1.54) is 7.11 Å². The van der Waals surface area contributed by atoms with Crippen LogP contribution in [0.5, 0.6) is 0 Å². The molecule has 0 radical (unpaired) electrons. The zero-order valence-electron chi connectivity index (χ0n) is 34.7. The third kappa shape index (κ3) is 13.9. The normalized spacial score (nSPS) is 22.2. The largest absolute Gasteiger partial charge is 0.468 e. The van der Waals surface area contributed by atoms with Crippen LogP contribution in [0.4, 0.5) is 0 Å². The fraction of sp³-hybridized carbons (Fsp3) is 0.756. The number of hydrogen-bond donors (Lipinski definition) is 0. The molecule has 0 N–H and O–H groups in total. The molecule has 1 heterocycles. The Morgan fingerprint density at radius 3 is 1.28 bits per heavy atom. The van der Waals surface area contributed by atoms with Crippen LogP contribution in [-0.2, 0) is 43.5 Å². The van der Waals surface area contributed by atoms with Crippen LogP contribution in [0.3, 0.4) is 0 Å². The molecular formula is C41H70N4O8. The first-order chi connectivity index (χ1) is 25.2. The highest BCUT2D eigenvalue weighted by atomic mass is 16.5. The lowest BCUT2D eigenvalue weighted by atomic mass is 9.86. The van der Waals surface area contributed by atoms with Gasteiger partial charge in [-0.1, -0.05) is 72.7 Å². The number of rotatable bonds is 16. The van der Waals surface area contributed by atoms with Crippen LogP contribution in [-0.4, -0.2) is 140 Å². The molecular weight excluding hydrogens is 676 g/mol. The first kappa shape index (κ1) is 46.1. The number of hydrogen-bond acceptors (Lipinski definition) is 12. The molecule has 0 aliphatic carbocycles. The summed E-state index contributed by atoms with van der Waals surface area (Å²) >= 11 is 0. The average molecular weight is 747 g/mol. The van der Waals surface area contributed by atoms with Gasteiger partial charge in [0, 0.05) is 50.3 Å². The predicted molar refractivity (Wildman–Crippen MR) is 208 cm³/mol. The lowest BCUT2D eigenvalue weighted by molar-refractivity contribution is -0.152. The van der Waals surface area contributed by atoms with Crippen LogP contribution >= 0.6 is 0 Å². The average Bonchev–Trinajstić information content (AvgIpc) is 3.11. The summed E-state index contributed by atoms with van der Waals surface area (Å²) in [5, 5.41) is 0. The lowest BCUT2D eigenvalue weighted by Crippen LogP contribution is -2.60. The van der Waals surface area contributed by atoms with Crippen molar-refractivity contribution in [1.29, 1.82) is 0 Å². The van der Waals surface area contributed by atoms with Crippen LogP contribution in [0.2, 0.25) is 0 Å². The van der Waals surface area contributed by atoms with E-state index < -0.39 is 6.04 Å². The van der Waals surface area contributed by atoms with Gasteiger partial charge in [-0.25, -0.2) is 4.79 Å². The summed E-state index contributed by atoms with van der Waals surface area (Å²) in [5.74, 6) is -1.33. The van der Waals surface area contributed by atoms with Crippen LogP contribution in [0, 0.1) is 0 Å². The minimum atomic E-state index is -0.743. The van der Waals surface area contributed by atoms with E-state index in [9.17, 15) is 19.2 Å². The third-order valence-electron chi connectivity index (χ3n) is 10.4. The molecule has 0 bridgehead atoms. The van der Waals surface area contributed by atoms with E-state index in [-0.39, 0.29) is 92.9 Å². The van der Waals surface area contributed by atoms with E-state index in [1.54, 1.807) is 20.8 Å². The van der Waals surface area contributed by atoms with Crippen molar-refractivity contribution in [2.45, 2.75) is 131 Å². The second-order valence-electron chi connectivity index (χ2n) is 14.9. The van der Waals surface area contributed by atoms with Gasteiger partial charge >= 0.3 is 23.9 Å². The van der Waals surface area contributed by atoms with E-state index in [1.807, 2.05) is 12.1 Å². The van der Waals surface area contributed by atoms with Gasteiger partial charge in [-0.2, -0.15) is 0 Å². The van der Waals surface area contributed by atoms with Crippen molar-refractivity contribution in [3.05, 3.63) is 35.4 Å². The summed E-state index contributed by atoms with van der Waals surface area (Å²) in [6.45, 7) is 23.1. The SMILES string of the molecule is CCOC(=O)CN1C[C@@H](CC)N(CC(=O)OCC)C[C@@H](CC)N(C(C(=O)OC)c2ccc(C(C)(C)C)cc2)C[C@@H](CC)N(CC(=O)OCC)C[C@H]1CC. The van der Waals surface area contributed by atoms with Gasteiger partial charge in [0.15, 0.2) is 0 Å². The van der Waals surface area contributed by atoms with Gasteiger partial charge in [-0.05, 0) is 63.0 Å². The summed E-state index contributed by atoms with van der Waals surface area (Å²) in [7, 11) is 1.42. The van der Waals surface area contributed by atoms with Crippen molar-refractivity contribution < 1.29 is 38.1 Å². The predicted octanol–water partition coefficient (Wildman–Crippen LogP) is 5.22. The Morgan fingerprint density at radius 1 is 0.604 bits per heavy atom. The molecule has 0 amide bonds. The summed E-state index contributed by atoms with van der Waals surface area (Å²) in [5.41, 5.74) is 1.90. The topological polar surface area (TPSA) is 118 Å². The highest BCUT2D eigenvalue weighted by molar-refractivity contribution is 5.78. The Morgan fingerprint density at radius 2 is 0.962 bits per heavy atom. The molecule has 2 rings (SSSR count). The zero-order valence-corrected chi connectivity index (χ0v) is 34.7. The zero-order chi connectivity index (χ0) is 39.7. The Hall–Kier alpha value is -3.06. The molecule has 0 aromatic heterocycles. The summed E-state index contributed by atoms with van der Waals surface area (Å²) in [6, 6.07) is 6.82. The molecule has 1 saturated heterocycles. The fourth-order valence-electron chi connectivity index (χ4n) is 7.38. The molecule has 1 aromatic carbocycles. The maximum Gasteiger partial charge on any atom is 0.327 e. The van der Waals surface area contributed by atoms with Gasteiger partial charge in [0.25, 0.3) is 0 Å².